The third-order valence-electron chi connectivity index (χ3n) is 3.53. The van der Waals surface area contributed by atoms with E-state index in [9.17, 15) is 9.90 Å². The molecule has 0 amide bonds. The van der Waals surface area contributed by atoms with Crippen molar-refractivity contribution in [2.75, 3.05) is 6.61 Å². The summed E-state index contributed by atoms with van der Waals surface area (Å²) in [6.07, 6.45) is 0.749. The average molecular weight is 246 g/mol. The molecule has 1 rings (SSSR count). The zero-order chi connectivity index (χ0) is 13.1. The van der Waals surface area contributed by atoms with Crippen LogP contribution < -0.4 is 0 Å². The fraction of sp³-hybridized carbons (Fsp3) is 0.917. The van der Waals surface area contributed by atoms with Gasteiger partial charge in [-0.25, -0.2) is 0 Å². The lowest BCUT2D eigenvalue weighted by molar-refractivity contribution is -0.129. The quantitative estimate of drug-likeness (QED) is 0.493. The van der Waals surface area contributed by atoms with Crippen LogP contribution in [0.4, 0.5) is 0 Å². The molecule has 1 saturated heterocycles. The normalized spacial score (nSPS) is 22.9. The number of carbonyl (C=O) groups is 1. The Morgan fingerprint density at radius 2 is 1.94 bits per heavy atom. The molecule has 1 fully saturated rings. The van der Waals surface area contributed by atoms with Crippen LogP contribution in [0.5, 0.6) is 0 Å². The maximum absolute atomic E-state index is 11.7. The highest BCUT2D eigenvalue weighted by Gasteiger charge is 2.58. The van der Waals surface area contributed by atoms with E-state index in [-0.39, 0.29) is 18.3 Å². The molecule has 1 aliphatic rings. The lowest BCUT2D eigenvalue weighted by Gasteiger charge is -2.29. The molecule has 0 aliphatic carbocycles. The van der Waals surface area contributed by atoms with Gasteiger partial charge in [-0.2, -0.15) is 9.78 Å². The van der Waals surface area contributed by atoms with Crippen molar-refractivity contribution in [1.82, 2.24) is 0 Å². The molecule has 5 heteroatoms. The van der Waals surface area contributed by atoms with E-state index >= 15 is 0 Å². The molecule has 0 bridgehead atoms. The Balaban J connectivity index is 2.89. The van der Waals surface area contributed by atoms with Crippen LogP contribution in [0.1, 0.15) is 40.0 Å². The number of aliphatic hydroxyl groups excluding tert-OH is 2. The van der Waals surface area contributed by atoms with E-state index in [0.717, 1.165) is 0 Å². The number of aliphatic hydroxyl groups is 2. The molecular formula is C12H22O5. The third-order valence-corrected chi connectivity index (χ3v) is 3.53. The van der Waals surface area contributed by atoms with Crippen molar-refractivity contribution in [3.63, 3.8) is 0 Å². The minimum absolute atomic E-state index is 0.0562. The lowest BCUT2D eigenvalue weighted by atomic mass is 9.76. The zero-order valence-electron chi connectivity index (χ0n) is 10.7. The van der Waals surface area contributed by atoms with Gasteiger partial charge < -0.3 is 10.2 Å². The van der Waals surface area contributed by atoms with Gasteiger partial charge in [-0.3, -0.25) is 4.79 Å². The second kappa shape index (κ2) is 5.91. The smallest absolute Gasteiger partial charge is 0.237 e. The van der Waals surface area contributed by atoms with Crippen molar-refractivity contribution in [3.05, 3.63) is 0 Å². The SMILES string of the molecule is CCC(O)C(C(C)=O)C(CCO)C1(CC)OO1. The summed E-state index contributed by atoms with van der Waals surface area (Å²) in [4.78, 5) is 21.7. The van der Waals surface area contributed by atoms with E-state index in [1.54, 1.807) is 0 Å². The monoisotopic (exact) mass is 246 g/mol. The molecule has 0 aromatic heterocycles. The molecule has 0 aromatic rings. The number of ketones is 1. The summed E-state index contributed by atoms with van der Waals surface area (Å²) < 4.78 is 0. The summed E-state index contributed by atoms with van der Waals surface area (Å²) in [6, 6.07) is 0. The van der Waals surface area contributed by atoms with Crippen LogP contribution in [0.25, 0.3) is 0 Å². The average Bonchev–Trinajstić information content (AvgIpc) is 3.08. The third kappa shape index (κ3) is 3.04. The molecule has 1 aliphatic heterocycles. The molecule has 3 unspecified atom stereocenters. The van der Waals surface area contributed by atoms with Crippen LogP contribution in [-0.4, -0.2) is 34.5 Å². The summed E-state index contributed by atoms with van der Waals surface area (Å²) in [5, 5.41) is 19.1. The fourth-order valence-corrected chi connectivity index (χ4v) is 2.45. The first-order valence-electron chi connectivity index (χ1n) is 6.18. The lowest BCUT2D eigenvalue weighted by Crippen LogP contribution is -2.41. The second-order valence-corrected chi connectivity index (χ2v) is 4.56. The molecule has 0 saturated carbocycles. The van der Waals surface area contributed by atoms with Crippen LogP contribution in [0.15, 0.2) is 0 Å². The van der Waals surface area contributed by atoms with Crippen molar-refractivity contribution in [2.24, 2.45) is 11.8 Å². The maximum atomic E-state index is 11.7. The second-order valence-electron chi connectivity index (χ2n) is 4.56. The minimum atomic E-state index is -0.796. The molecule has 0 radical (unpaired) electrons. The van der Waals surface area contributed by atoms with E-state index in [0.29, 0.717) is 19.3 Å². The molecule has 2 N–H and O–H groups in total. The topological polar surface area (TPSA) is 82.6 Å². The van der Waals surface area contributed by atoms with Gasteiger partial charge in [0.1, 0.15) is 5.78 Å². The number of hydrogen-bond donors (Lipinski definition) is 2. The fourth-order valence-electron chi connectivity index (χ4n) is 2.45. The number of Topliss-reactive ketones (excluding diaryl/α,β-unsaturated/α-hetero) is 1. The Morgan fingerprint density at radius 3 is 2.24 bits per heavy atom. The van der Waals surface area contributed by atoms with Gasteiger partial charge in [-0.1, -0.05) is 13.8 Å². The van der Waals surface area contributed by atoms with E-state index in [2.05, 4.69) is 0 Å². The van der Waals surface area contributed by atoms with E-state index in [4.69, 9.17) is 14.9 Å². The van der Waals surface area contributed by atoms with Gasteiger partial charge >= 0.3 is 0 Å². The first-order chi connectivity index (χ1) is 8.02. The van der Waals surface area contributed by atoms with Gasteiger partial charge in [0.2, 0.25) is 5.79 Å². The van der Waals surface area contributed by atoms with Gasteiger partial charge in [0, 0.05) is 18.9 Å². The van der Waals surface area contributed by atoms with E-state index in [1.165, 1.54) is 6.92 Å². The number of carbonyl (C=O) groups excluding carboxylic acids is 1. The van der Waals surface area contributed by atoms with Gasteiger partial charge in [0.05, 0.1) is 12.0 Å². The van der Waals surface area contributed by atoms with Crippen LogP contribution in [0.3, 0.4) is 0 Å². The summed E-state index contributed by atoms with van der Waals surface area (Å²) in [5.41, 5.74) is 0. The maximum Gasteiger partial charge on any atom is 0.237 e. The molecule has 17 heavy (non-hydrogen) atoms. The number of rotatable bonds is 8. The predicted molar refractivity (Wildman–Crippen MR) is 60.9 cm³/mol. The molecule has 5 nitrogen and oxygen atoms in total. The summed E-state index contributed by atoms with van der Waals surface area (Å²) in [5.74, 6) is -1.74. The molecule has 100 valence electrons. The van der Waals surface area contributed by atoms with Gasteiger partial charge in [0.15, 0.2) is 0 Å². The van der Waals surface area contributed by atoms with Crippen LogP contribution in [-0.2, 0) is 14.6 Å². The molecule has 3 atom stereocenters. The van der Waals surface area contributed by atoms with Crippen molar-refractivity contribution in [1.29, 1.82) is 0 Å². The largest absolute Gasteiger partial charge is 0.396 e. The first-order valence-corrected chi connectivity index (χ1v) is 6.18. The highest BCUT2D eigenvalue weighted by atomic mass is 17.4. The Bertz CT molecular complexity index is 262. The molecule has 0 spiro atoms. The van der Waals surface area contributed by atoms with Gasteiger partial charge in [-0.05, 0) is 19.8 Å². The Hall–Kier alpha value is -0.490. The standard InChI is InChI=1S/C12H22O5/c1-4-10(15)11(8(3)14)9(6-7-13)12(5-2)16-17-12/h9-11,13,15H,4-7H2,1-3H3. The highest BCUT2D eigenvalue weighted by molar-refractivity contribution is 5.79. The van der Waals surface area contributed by atoms with Gasteiger partial charge in [-0.15, -0.1) is 0 Å². The minimum Gasteiger partial charge on any atom is -0.396 e. The highest BCUT2D eigenvalue weighted by Crippen LogP contribution is 2.46. The van der Waals surface area contributed by atoms with Crippen LogP contribution >= 0.6 is 0 Å². The summed E-state index contributed by atoms with van der Waals surface area (Å²) in [7, 11) is 0. The first kappa shape index (κ1) is 14.6. The van der Waals surface area contributed by atoms with E-state index < -0.39 is 17.8 Å². The van der Waals surface area contributed by atoms with Crippen molar-refractivity contribution in [2.45, 2.75) is 51.9 Å². The Kier molecular flexibility index (Phi) is 5.06. The van der Waals surface area contributed by atoms with Crippen LogP contribution in [0, 0.1) is 11.8 Å². The van der Waals surface area contributed by atoms with Crippen molar-refractivity contribution < 1.29 is 24.8 Å². The van der Waals surface area contributed by atoms with Crippen molar-refractivity contribution >= 4 is 5.78 Å². The zero-order valence-corrected chi connectivity index (χ0v) is 10.7. The summed E-state index contributed by atoms with van der Waals surface area (Å²) >= 11 is 0. The van der Waals surface area contributed by atoms with E-state index in [1.807, 2.05) is 13.8 Å². The van der Waals surface area contributed by atoms with Crippen LogP contribution in [0.2, 0.25) is 0 Å². The predicted octanol–water partition coefficient (Wildman–Crippen LogP) is 1.03. The molecular weight excluding hydrogens is 224 g/mol. The number of hydrogen-bond acceptors (Lipinski definition) is 5. The Morgan fingerprint density at radius 1 is 1.35 bits per heavy atom. The van der Waals surface area contributed by atoms with Crippen molar-refractivity contribution in [3.8, 4) is 0 Å². The molecule has 1 heterocycles. The van der Waals surface area contributed by atoms with Gasteiger partial charge in [0.25, 0.3) is 0 Å². The molecule has 0 aromatic carbocycles. The summed E-state index contributed by atoms with van der Waals surface area (Å²) in [6.45, 7) is 5.12. The Labute approximate surface area is 102 Å².